The standard InChI is InChI=1S/C22H28ClN3O2/c1-5-17-10-7-9-13-20(17)24-21(27)15-26(4)22(28)16(2)25(3)14-18-11-6-8-12-19(18)23/h6-13,16H,5,14-15H2,1-4H3,(H,24,27). The summed E-state index contributed by atoms with van der Waals surface area (Å²) in [6.07, 6.45) is 0.828. The molecule has 0 aliphatic heterocycles. The van der Waals surface area contributed by atoms with E-state index >= 15 is 0 Å². The maximum atomic E-state index is 12.7. The van der Waals surface area contributed by atoms with Gasteiger partial charge >= 0.3 is 0 Å². The highest BCUT2D eigenvalue weighted by Gasteiger charge is 2.23. The van der Waals surface area contributed by atoms with Crippen LogP contribution in [0.3, 0.4) is 0 Å². The lowest BCUT2D eigenvalue weighted by Gasteiger charge is -2.28. The molecule has 6 heteroatoms. The third kappa shape index (κ3) is 5.81. The number of anilines is 1. The monoisotopic (exact) mass is 401 g/mol. The van der Waals surface area contributed by atoms with Crippen molar-refractivity contribution in [2.75, 3.05) is 26.0 Å². The molecule has 0 spiro atoms. The molecule has 2 amide bonds. The molecule has 0 saturated heterocycles. The molecule has 2 aromatic carbocycles. The summed E-state index contributed by atoms with van der Waals surface area (Å²) in [4.78, 5) is 28.5. The van der Waals surface area contributed by atoms with Crippen molar-refractivity contribution in [2.45, 2.75) is 32.9 Å². The van der Waals surface area contributed by atoms with E-state index in [4.69, 9.17) is 11.6 Å². The highest BCUT2D eigenvalue weighted by molar-refractivity contribution is 6.31. The summed E-state index contributed by atoms with van der Waals surface area (Å²) < 4.78 is 0. The molecule has 0 bridgehead atoms. The van der Waals surface area contributed by atoms with Crippen molar-refractivity contribution in [3.8, 4) is 0 Å². The van der Waals surface area contributed by atoms with Gasteiger partial charge in [0, 0.05) is 24.3 Å². The zero-order chi connectivity index (χ0) is 20.7. The first-order valence-corrected chi connectivity index (χ1v) is 9.77. The van der Waals surface area contributed by atoms with Crippen LogP contribution in [0, 0.1) is 0 Å². The number of nitrogens with one attached hydrogen (secondary N) is 1. The zero-order valence-electron chi connectivity index (χ0n) is 16.9. The smallest absolute Gasteiger partial charge is 0.243 e. The highest BCUT2D eigenvalue weighted by Crippen LogP contribution is 2.18. The Balaban J connectivity index is 1.93. The van der Waals surface area contributed by atoms with Gasteiger partial charge in [-0.05, 0) is 43.7 Å². The van der Waals surface area contributed by atoms with E-state index < -0.39 is 0 Å². The Morgan fingerprint density at radius 3 is 2.29 bits per heavy atom. The first-order chi connectivity index (χ1) is 13.3. The summed E-state index contributed by atoms with van der Waals surface area (Å²) in [5.41, 5.74) is 2.82. The van der Waals surface area contributed by atoms with Crippen LogP contribution < -0.4 is 5.32 Å². The topological polar surface area (TPSA) is 52.7 Å². The van der Waals surface area contributed by atoms with Crippen LogP contribution in [0.2, 0.25) is 5.02 Å². The van der Waals surface area contributed by atoms with Crippen LogP contribution in [0.5, 0.6) is 0 Å². The second-order valence-electron chi connectivity index (χ2n) is 6.94. The fraction of sp³-hybridized carbons (Fsp3) is 0.364. The van der Waals surface area contributed by atoms with Crippen molar-refractivity contribution in [1.29, 1.82) is 0 Å². The van der Waals surface area contributed by atoms with Crippen LogP contribution in [0.25, 0.3) is 0 Å². The highest BCUT2D eigenvalue weighted by atomic mass is 35.5. The first kappa shape index (κ1) is 21.9. The maximum Gasteiger partial charge on any atom is 0.243 e. The number of amides is 2. The van der Waals surface area contributed by atoms with Crippen LogP contribution >= 0.6 is 11.6 Å². The van der Waals surface area contributed by atoms with Gasteiger partial charge in [0.05, 0.1) is 12.6 Å². The van der Waals surface area contributed by atoms with E-state index in [1.807, 2.05) is 74.3 Å². The van der Waals surface area contributed by atoms with E-state index in [1.54, 1.807) is 7.05 Å². The minimum absolute atomic E-state index is 0.00115. The summed E-state index contributed by atoms with van der Waals surface area (Å²) in [6.45, 7) is 4.43. The van der Waals surface area contributed by atoms with E-state index in [-0.39, 0.29) is 24.4 Å². The Labute approximate surface area is 172 Å². The first-order valence-electron chi connectivity index (χ1n) is 9.39. The molecule has 150 valence electrons. The Morgan fingerprint density at radius 1 is 1.04 bits per heavy atom. The number of likely N-dealkylation sites (N-methyl/N-ethyl adjacent to an activating group) is 2. The molecule has 0 aromatic heterocycles. The number of halogens is 1. The summed E-state index contributed by atoms with van der Waals surface area (Å²) >= 11 is 6.21. The molecule has 28 heavy (non-hydrogen) atoms. The molecule has 1 unspecified atom stereocenters. The average Bonchev–Trinajstić information content (AvgIpc) is 2.68. The third-order valence-electron chi connectivity index (χ3n) is 4.83. The van der Waals surface area contributed by atoms with Gasteiger partial charge in [-0.2, -0.15) is 0 Å². The lowest BCUT2D eigenvalue weighted by atomic mass is 10.1. The van der Waals surface area contributed by atoms with E-state index in [2.05, 4.69) is 5.32 Å². The van der Waals surface area contributed by atoms with E-state index in [1.165, 1.54) is 4.90 Å². The Hall–Kier alpha value is -2.37. The van der Waals surface area contributed by atoms with Crippen LogP contribution in [0.4, 0.5) is 5.69 Å². The van der Waals surface area contributed by atoms with Crippen LogP contribution in [-0.2, 0) is 22.6 Å². The van der Waals surface area contributed by atoms with Gasteiger partial charge < -0.3 is 10.2 Å². The number of hydrogen-bond acceptors (Lipinski definition) is 3. The van der Waals surface area contributed by atoms with Gasteiger partial charge in [0.2, 0.25) is 11.8 Å². The van der Waals surface area contributed by atoms with Crippen molar-refractivity contribution in [1.82, 2.24) is 9.80 Å². The minimum Gasteiger partial charge on any atom is -0.335 e. The molecule has 1 atom stereocenters. The molecule has 0 aliphatic rings. The predicted molar refractivity (Wildman–Crippen MR) is 114 cm³/mol. The van der Waals surface area contributed by atoms with Crippen molar-refractivity contribution in [2.24, 2.45) is 0 Å². The molecule has 5 nitrogen and oxygen atoms in total. The molecule has 0 radical (unpaired) electrons. The summed E-state index contributed by atoms with van der Waals surface area (Å²) in [7, 11) is 3.52. The molecular weight excluding hydrogens is 374 g/mol. The quantitative estimate of drug-likeness (QED) is 0.731. The molecule has 2 aromatic rings. The van der Waals surface area contributed by atoms with Crippen LogP contribution in [-0.4, -0.2) is 48.3 Å². The molecule has 0 fully saturated rings. The average molecular weight is 402 g/mol. The fourth-order valence-corrected chi connectivity index (χ4v) is 3.17. The number of aryl methyl sites for hydroxylation is 1. The number of nitrogens with zero attached hydrogens (tertiary/aromatic N) is 2. The van der Waals surface area contributed by atoms with Crippen LogP contribution in [0.1, 0.15) is 25.0 Å². The lowest BCUT2D eigenvalue weighted by molar-refractivity contribution is -0.137. The maximum absolute atomic E-state index is 12.7. The summed E-state index contributed by atoms with van der Waals surface area (Å²) in [5, 5.41) is 3.58. The van der Waals surface area contributed by atoms with E-state index in [0.717, 1.165) is 23.2 Å². The van der Waals surface area contributed by atoms with Gasteiger partial charge in [-0.25, -0.2) is 0 Å². The summed E-state index contributed by atoms with van der Waals surface area (Å²) in [5.74, 6) is -0.328. The fourth-order valence-electron chi connectivity index (χ4n) is 2.97. The van der Waals surface area contributed by atoms with Gasteiger partial charge in [-0.1, -0.05) is 54.9 Å². The Bertz CT molecular complexity index is 825. The number of carbonyl (C=O) groups excluding carboxylic acids is 2. The number of carbonyl (C=O) groups is 2. The van der Waals surface area contributed by atoms with Gasteiger partial charge in [0.25, 0.3) is 0 Å². The largest absolute Gasteiger partial charge is 0.335 e. The lowest BCUT2D eigenvalue weighted by Crippen LogP contribution is -2.46. The van der Waals surface area contributed by atoms with Crippen molar-refractivity contribution >= 4 is 29.1 Å². The molecule has 0 heterocycles. The third-order valence-corrected chi connectivity index (χ3v) is 5.19. The SMILES string of the molecule is CCc1ccccc1NC(=O)CN(C)C(=O)C(C)N(C)Cc1ccccc1Cl. The number of para-hydroxylation sites is 1. The van der Waals surface area contributed by atoms with Crippen LogP contribution in [0.15, 0.2) is 48.5 Å². The zero-order valence-corrected chi connectivity index (χ0v) is 17.7. The number of hydrogen-bond donors (Lipinski definition) is 1. The molecule has 0 saturated carbocycles. The van der Waals surface area contributed by atoms with Gasteiger partial charge in [-0.3, -0.25) is 14.5 Å². The normalized spacial score (nSPS) is 11.9. The van der Waals surface area contributed by atoms with Gasteiger partial charge in [0.1, 0.15) is 0 Å². The second kappa shape index (κ2) is 10.2. The van der Waals surface area contributed by atoms with E-state index in [0.29, 0.717) is 11.6 Å². The second-order valence-corrected chi connectivity index (χ2v) is 7.34. The van der Waals surface area contributed by atoms with E-state index in [9.17, 15) is 9.59 Å². The van der Waals surface area contributed by atoms with Crippen molar-refractivity contribution < 1.29 is 9.59 Å². The minimum atomic E-state index is -0.378. The van der Waals surface area contributed by atoms with Gasteiger partial charge in [-0.15, -0.1) is 0 Å². The molecule has 1 N–H and O–H groups in total. The van der Waals surface area contributed by atoms with Crippen molar-refractivity contribution in [3.63, 3.8) is 0 Å². The summed E-state index contributed by atoms with van der Waals surface area (Å²) in [6, 6.07) is 14.9. The molecule has 2 rings (SSSR count). The predicted octanol–water partition coefficient (Wildman–Crippen LogP) is 3.82. The van der Waals surface area contributed by atoms with Crippen molar-refractivity contribution in [3.05, 3.63) is 64.7 Å². The number of rotatable bonds is 8. The Kier molecular flexibility index (Phi) is 8.03. The Morgan fingerprint density at radius 2 is 1.64 bits per heavy atom. The number of benzene rings is 2. The van der Waals surface area contributed by atoms with Gasteiger partial charge in [0.15, 0.2) is 0 Å². The molecule has 0 aliphatic carbocycles. The molecular formula is C22H28ClN3O2.